The molecule has 0 aliphatic carbocycles. The predicted octanol–water partition coefficient (Wildman–Crippen LogP) is 1.14. The molecule has 7 nitrogen and oxygen atoms in total. The monoisotopic (exact) mass is 328 g/mol. The Labute approximate surface area is 130 Å². The molecule has 122 valence electrons. The Morgan fingerprint density at radius 1 is 1.23 bits per heavy atom. The fourth-order valence-corrected chi connectivity index (χ4v) is 2.84. The first-order valence-corrected chi connectivity index (χ1v) is 8.02. The fraction of sp³-hybridized carbons (Fsp3) is 0.429. The third-order valence-corrected chi connectivity index (χ3v) is 4.97. The highest BCUT2D eigenvalue weighted by Gasteiger charge is 2.20. The van der Waals surface area contributed by atoms with E-state index in [2.05, 4.69) is 10.1 Å². The van der Waals surface area contributed by atoms with Crippen molar-refractivity contribution >= 4 is 27.6 Å². The van der Waals surface area contributed by atoms with Crippen LogP contribution in [0.3, 0.4) is 0 Å². The quantitative estimate of drug-likeness (QED) is 0.790. The number of sulfonamides is 1. The average Bonchev–Trinajstić information content (AvgIpc) is 2.46. The second-order valence-electron chi connectivity index (χ2n) is 4.89. The van der Waals surface area contributed by atoms with Gasteiger partial charge in [-0.1, -0.05) is 6.07 Å². The van der Waals surface area contributed by atoms with Crippen molar-refractivity contribution in [2.75, 3.05) is 26.5 Å². The first-order valence-electron chi connectivity index (χ1n) is 6.58. The summed E-state index contributed by atoms with van der Waals surface area (Å²) < 4.78 is 30.0. The SMILES string of the molecule is COC(=O)CCC(=O)Nc1ccc(C)c(S(=O)(=O)N(C)C)c1. The van der Waals surface area contributed by atoms with Crippen LogP contribution in [0, 0.1) is 6.92 Å². The summed E-state index contributed by atoms with van der Waals surface area (Å²) in [6.45, 7) is 1.68. The lowest BCUT2D eigenvalue weighted by Crippen LogP contribution is -2.23. The third kappa shape index (κ3) is 4.54. The summed E-state index contributed by atoms with van der Waals surface area (Å²) in [7, 11) is 0.543. The van der Waals surface area contributed by atoms with Crippen LogP contribution in [0.25, 0.3) is 0 Å². The number of esters is 1. The van der Waals surface area contributed by atoms with Crippen LogP contribution in [0.1, 0.15) is 18.4 Å². The summed E-state index contributed by atoms with van der Waals surface area (Å²) >= 11 is 0. The standard InChI is InChI=1S/C14H20N2O5S/c1-10-5-6-11(9-12(10)22(19,20)16(2)3)15-13(17)7-8-14(18)21-4/h5-6,9H,7-8H2,1-4H3,(H,15,17). The highest BCUT2D eigenvalue weighted by Crippen LogP contribution is 2.22. The van der Waals surface area contributed by atoms with Gasteiger partial charge in [-0.3, -0.25) is 9.59 Å². The van der Waals surface area contributed by atoms with Crippen LogP contribution in [-0.4, -0.2) is 45.8 Å². The number of hydrogen-bond donors (Lipinski definition) is 1. The van der Waals surface area contributed by atoms with Gasteiger partial charge in [0, 0.05) is 26.2 Å². The second kappa shape index (κ2) is 7.37. The summed E-state index contributed by atoms with van der Waals surface area (Å²) in [5.74, 6) is -0.864. The molecule has 8 heteroatoms. The van der Waals surface area contributed by atoms with E-state index in [0.29, 0.717) is 11.3 Å². The summed E-state index contributed by atoms with van der Waals surface area (Å²) in [6, 6.07) is 4.63. The van der Waals surface area contributed by atoms with E-state index in [4.69, 9.17) is 0 Å². The number of rotatable bonds is 6. The van der Waals surface area contributed by atoms with Gasteiger partial charge >= 0.3 is 5.97 Å². The van der Waals surface area contributed by atoms with E-state index in [1.165, 1.54) is 27.3 Å². The van der Waals surface area contributed by atoms with Crippen LogP contribution >= 0.6 is 0 Å². The molecule has 1 aromatic rings. The molecule has 1 rings (SSSR count). The van der Waals surface area contributed by atoms with Gasteiger partial charge in [0.05, 0.1) is 18.4 Å². The van der Waals surface area contributed by atoms with E-state index in [1.54, 1.807) is 19.1 Å². The van der Waals surface area contributed by atoms with Gasteiger partial charge in [-0.05, 0) is 24.6 Å². The van der Waals surface area contributed by atoms with Crippen molar-refractivity contribution in [3.05, 3.63) is 23.8 Å². The zero-order chi connectivity index (χ0) is 16.9. The van der Waals surface area contributed by atoms with Crippen molar-refractivity contribution in [2.45, 2.75) is 24.7 Å². The Morgan fingerprint density at radius 2 is 1.86 bits per heavy atom. The smallest absolute Gasteiger partial charge is 0.306 e. The number of amides is 1. The van der Waals surface area contributed by atoms with Crippen LogP contribution in [0.5, 0.6) is 0 Å². The molecule has 0 heterocycles. The Balaban J connectivity index is 2.91. The van der Waals surface area contributed by atoms with Crippen LogP contribution < -0.4 is 5.32 Å². The van der Waals surface area contributed by atoms with Crippen molar-refractivity contribution in [1.29, 1.82) is 0 Å². The average molecular weight is 328 g/mol. The van der Waals surface area contributed by atoms with Gasteiger partial charge < -0.3 is 10.1 Å². The Hall–Kier alpha value is -1.93. The molecule has 0 atom stereocenters. The number of ether oxygens (including phenoxy) is 1. The molecule has 0 saturated carbocycles. The number of methoxy groups -OCH3 is 1. The van der Waals surface area contributed by atoms with Crippen LogP contribution in [0.2, 0.25) is 0 Å². The fourth-order valence-electron chi connectivity index (χ4n) is 1.69. The molecule has 0 unspecified atom stereocenters. The van der Waals surface area contributed by atoms with E-state index in [1.807, 2.05) is 0 Å². The largest absolute Gasteiger partial charge is 0.469 e. The van der Waals surface area contributed by atoms with Gasteiger partial charge in [0.1, 0.15) is 0 Å². The lowest BCUT2D eigenvalue weighted by Gasteiger charge is -2.15. The van der Waals surface area contributed by atoms with Gasteiger partial charge in [-0.25, -0.2) is 12.7 Å². The summed E-state index contributed by atoms with van der Waals surface area (Å²) in [4.78, 5) is 22.8. The van der Waals surface area contributed by atoms with Gasteiger partial charge in [-0.2, -0.15) is 0 Å². The number of nitrogens with zero attached hydrogens (tertiary/aromatic N) is 1. The van der Waals surface area contributed by atoms with Crippen molar-refractivity contribution in [1.82, 2.24) is 4.31 Å². The Morgan fingerprint density at radius 3 is 2.41 bits per heavy atom. The lowest BCUT2D eigenvalue weighted by atomic mass is 10.2. The van der Waals surface area contributed by atoms with Crippen molar-refractivity contribution in [3.63, 3.8) is 0 Å². The minimum Gasteiger partial charge on any atom is -0.469 e. The van der Waals surface area contributed by atoms with Crippen molar-refractivity contribution < 1.29 is 22.7 Å². The minimum atomic E-state index is -3.59. The molecule has 1 aromatic carbocycles. The summed E-state index contributed by atoms with van der Waals surface area (Å²) in [5.41, 5.74) is 0.946. The van der Waals surface area contributed by atoms with Gasteiger partial charge in [0.2, 0.25) is 15.9 Å². The molecular formula is C14H20N2O5S. The number of hydrogen-bond acceptors (Lipinski definition) is 5. The van der Waals surface area contributed by atoms with Crippen molar-refractivity contribution in [3.8, 4) is 0 Å². The maximum Gasteiger partial charge on any atom is 0.306 e. The molecule has 22 heavy (non-hydrogen) atoms. The molecule has 0 aliphatic heterocycles. The van der Waals surface area contributed by atoms with Gasteiger partial charge in [0.25, 0.3) is 0 Å². The molecule has 0 aromatic heterocycles. The number of carbonyl (C=O) groups is 2. The Kier molecular flexibility index (Phi) is 6.07. The zero-order valence-corrected chi connectivity index (χ0v) is 13.9. The first kappa shape index (κ1) is 18.1. The molecule has 0 spiro atoms. The van der Waals surface area contributed by atoms with E-state index >= 15 is 0 Å². The van der Waals surface area contributed by atoms with E-state index < -0.39 is 16.0 Å². The lowest BCUT2D eigenvalue weighted by molar-refractivity contribution is -0.141. The molecule has 0 saturated heterocycles. The summed E-state index contributed by atoms with van der Waals surface area (Å²) in [6.07, 6.45) is -0.0621. The number of aryl methyl sites for hydroxylation is 1. The third-order valence-electron chi connectivity index (χ3n) is 3.01. The normalized spacial score (nSPS) is 11.3. The topological polar surface area (TPSA) is 92.8 Å². The zero-order valence-electron chi connectivity index (χ0n) is 13.0. The summed E-state index contributed by atoms with van der Waals surface area (Å²) in [5, 5.41) is 2.57. The van der Waals surface area contributed by atoms with E-state index in [-0.39, 0.29) is 23.6 Å². The predicted molar refractivity (Wildman–Crippen MR) is 81.9 cm³/mol. The molecule has 1 amide bonds. The van der Waals surface area contributed by atoms with E-state index in [0.717, 1.165) is 4.31 Å². The van der Waals surface area contributed by atoms with Crippen LogP contribution in [-0.2, 0) is 24.3 Å². The maximum absolute atomic E-state index is 12.2. The molecule has 0 bridgehead atoms. The van der Waals surface area contributed by atoms with Gasteiger partial charge in [0.15, 0.2) is 0 Å². The number of anilines is 1. The first-order chi connectivity index (χ1) is 10.2. The van der Waals surface area contributed by atoms with Crippen molar-refractivity contribution in [2.24, 2.45) is 0 Å². The highest BCUT2D eigenvalue weighted by molar-refractivity contribution is 7.89. The van der Waals surface area contributed by atoms with Crippen LogP contribution in [0.4, 0.5) is 5.69 Å². The maximum atomic E-state index is 12.2. The molecular weight excluding hydrogens is 308 g/mol. The molecule has 1 N–H and O–H groups in total. The number of carbonyl (C=O) groups excluding carboxylic acids is 2. The molecule has 0 radical (unpaired) electrons. The number of nitrogens with one attached hydrogen (secondary N) is 1. The number of benzene rings is 1. The highest BCUT2D eigenvalue weighted by atomic mass is 32.2. The minimum absolute atomic E-state index is 0.0307. The van der Waals surface area contributed by atoms with Gasteiger partial charge in [-0.15, -0.1) is 0 Å². The van der Waals surface area contributed by atoms with Crippen LogP contribution in [0.15, 0.2) is 23.1 Å². The molecule has 0 aliphatic rings. The second-order valence-corrected chi connectivity index (χ2v) is 7.01. The Bertz CT molecular complexity index is 668. The molecule has 0 fully saturated rings. The van der Waals surface area contributed by atoms with E-state index in [9.17, 15) is 18.0 Å².